The third-order valence-corrected chi connectivity index (χ3v) is 6.39. The molecule has 7 nitrogen and oxygen atoms in total. The number of anilines is 2. The van der Waals surface area contributed by atoms with Crippen LogP contribution in [0, 0.1) is 12.7 Å². The predicted molar refractivity (Wildman–Crippen MR) is 142 cm³/mol. The molecule has 0 saturated carbocycles. The lowest BCUT2D eigenvalue weighted by Crippen LogP contribution is -2.44. The van der Waals surface area contributed by atoms with Gasteiger partial charge >= 0.3 is 0 Å². The van der Waals surface area contributed by atoms with Crippen LogP contribution in [0.3, 0.4) is 0 Å². The van der Waals surface area contributed by atoms with Crippen LogP contribution in [0.5, 0.6) is 0 Å². The number of hydrogen-bond donors (Lipinski definition) is 1. The molecule has 1 aliphatic heterocycles. The number of hydrogen-bond acceptors (Lipinski definition) is 6. The maximum atomic E-state index is 14.3. The summed E-state index contributed by atoms with van der Waals surface area (Å²) < 4.78 is 16.2. The summed E-state index contributed by atoms with van der Waals surface area (Å²) >= 11 is 0. The van der Waals surface area contributed by atoms with Crippen LogP contribution < -0.4 is 10.2 Å². The van der Waals surface area contributed by atoms with Crippen molar-refractivity contribution in [3.63, 3.8) is 0 Å². The number of pyridine rings is 2. The molecule has 0 amide bonds. The van der Waals surface area contributed by atoms with Crippen LogP contribution in [-0.2, 0) is 7.05 Å². The van der Waals surface area contributed by atoms with E-state index in [0.29, 0.717) is 5.56 Å². The Morgan fingerprint density at radius 2 is 1.74 bits per heavy atom. The van der Waals surface area contributed by atoms with Crippen molar-refractivity contribution in [3.05, 3.63) is 72.7 Å². The van der Waals surface area contributed by atoms with Gasteiger partial charge in [-0.25, -0.2) is 19.3 Å². The van der Waals surface area contributed by atoms with E-state index in [0.717, 1.165) is 65.7 Å². The molecule has 0 radical (unpaired) electrons. The topological polar surface area (TPSA) is 62.1 Å². The molecule has 1 aliphatic rings. The maximum Gasteiger partial charge on any atom is 0.133 e. The number of halogens is 1. The monoisotopic (exact) mass is 473 g/mol. The van der Waals surface area contributed by atoms with Gasteiger partial charge in [-0.15, -0.1) is 0 Å². The lowest BCUT2D eigenvalue weighted by atomic mass is 10.1. The molecule has 8 heteroatoms. The van der Waals surface area contributed by atoms with Crippen LogP contribution in [0.4, 0.5) is 16.0 Å². The molecule has 1 N–H and O–H groups in total. The third kappa shape index (κ3) is 5.49. The van der Waals surface area contributed by atoms with E-state index in [-0.39, 0.29) is 5.82 Å². The van der Waals surface area contributed by atoms with Gasteiger partial charge in [-0.3, -0.25) is 0 Å². The van der Waals surface area contributed by atoms with Gasteiger partial charge in [0.2, 0.25) is 0 Å². The van der Waals surface area contributed by atoms with Crippen LogP contribution in [0.25, 0.3) is 28.1 Å². The van der Waals surface area contributed by atoms with Gasteiger partial charge in [0.1, 0.15) is 23.3 Å². The molecule has 1 aromatic carbocycles. The van der Waals surface area contributed by atoms with Crippen molar-refractivity contribution in [2.24, 2.45) is 7.05 Å². The molecule has 1 fully saturated rings. The fourth-order valence-corrected chi connectivity index (χ4v) is 4.02. The number of aryl methyl sites for hydroxylation is 1. The van der Waals surface area contributed by atoms with Crippen LogP contribution in [0.15, 0.2) is 55.5 Å². The Hall–Kier alpha value is -3.78. The molecule has 182 valence electrons. The number of imidazole rings is 1. The second kappa shape index (κ2) is 10.7. The van der Waals surface area contributed by atoms with E-state index in [9.17, 15) is 4.39 Å². The largest absolute Gasteiger partial charge is 0.373 e. The SMILES string of the molecule is C=Cc1ccnc(N2CCN(C)CC2)c1.CNc1cc2cc(-c3cnc(C)n3C)c(F)cc2cn1. The van der Waals surface area contributed by atoms with Crippen LogP contribution in [0.2, 0.25) is 0 Å². The average molecular weight is 474 g/mol. The van der Waals surface area contributed by atoms with E-state index in [2.05, 4.69) is 49.8 Å². The van der Waals surface area contributed by atoms with Crippen molar-refractivity contribution >= 4 is 28.5 Å². The molecular formula is C27H32FN7. The number of fused-ring (bicyclic) bond motifs is 1. The van der Waals surface area contributed by atoms with E-state index in [1.807, 2.05) is 56.1 Å². The summed E-state index contributed by atoms with van der Waals surface area (Å²) in [5, 5.41) is 4.71. The van der Waals surface area contributed by atoms with Gasteiger partial charge in [-0.05, 0) is 55.3 Å². The summed E-state index contributed by atoms with van der Waals surface area (Å²) in [6.45, 7) is 10.0. The fourth-order valence-electron chi connectivity index (χ4n) is 4.02. The van der Waals surface area contributed by atoms with E-state index in [1.165, 1.54) is 6.07 Å². The summed E-state index contributed by atoms with van der Waals surface area (Å²) in [6.07, 6.45) is 7.08. The van der Waals surface area contributed by atoms with E-state index >= 15 is 0 Å². The zero-order valence-electron chi connectivity index (χ0n) is 20.8. The fraction of sp³-hybridized carbons (Fsp3) is 0.296. The van der Waals surface area contributed by atoms with Gasteiger partial charge < -0.3 is 19.7 Å². The number of likely N-dealkylation sites (N-methyl/N-ethyl adjacent to an activating group) is 1. The summed E-state index contributed by atoms with van der Waals surface area (Å²) in [6, 6.07) is 9.33. The first-order valence-corrected chi connectivity index (χ1v) is 11.7. The molecular weight excluding hydrogens is 441 g/mol. The molecule has 3 aromatic heterocycles. The molecule has 0 bridgehead atoms. The predicted octanol–water partition coefficient (Wildman–Crippen LogP) is 4.60. The molecule has 0 spiro atoms. The minimum atomic E-state index is -0.264. The summed E-state index contributed by atoms with van der Waals surface area (Å²) in [4.78, 5) is 17.5. The Labute approximate surface area is 206 Å². The number of nitrogens with zero attached hydrogens (tertiary/aromatic N) is 6. The Bertz CT molecular complexity index is 1320. The Balaban J connectivity index is 0.000000172. The van der Waals surface area contributed by atoms with Gasteiger partial charge in [-0.1, -0.05) is 12.7 Å². The molecule has 0 unspecified atom stereocenters. The third-order valence-electron chi connectivity index (χ3n) is 6.39. The first-order chi connectivity index (χ1) is 16.9. The van der Waals surface area contributed by atoms with Crippen molar-refractivity contribution in [2.45, 2.75) is 6.92 Å². The molecule has 4 aromatic rings. The molecule has 35 heavy (non-hydrogen) atoms. The van der Waals surface area contributed by atoms with Crippen molar-refractivity contribution in [2.75, 3.05) is 50.5 Å². The minimum Gasteiger partial charge on any atom is -0.373 e. The Morgan fingerprint density at radius 1 is 0.971 bits per heavy atom. The lowest BCUT2D eigenvalue weighted by molar-refractivity contribution is 0.312. The van der Waals surface area contributed by atoms with E-state index in [1.54, 1.807) is 12.4 Å². The number of rotatable bonds is 4. The van der Waals surface area contributed by atoms with Gasteiger partial charge in [0.25, 0.3) is 0 Å². The Kier molecular flexibility index (Phi) is 7.41. The first kappa shape index (κ1) is 24.3. The number of aromatic nitrogens is 4. The minimum absolute atomic E-state index is 0.264. The molecule has 0 aliphatic carbocycles. The lowest BCUT2D eigenvalue weighted by Gasteiger charge is -2.33. The molecule has 0 atom stereocenters. The van der Waals surface area contributed by atoms with Crippen molar-refractivity contribution in [1.82, 2.24) is 24.4 Å². The van der Waals surface area contributed by atoms with Crippen molar-refractivity contribution < 1.29 is 4.39 Å². The number of benzene rings is 1. The van der Waals surface area contributed by atoms with Gasteiger partial charge in [-0.2, -0.15) is 0 Å². The zero-order chi connectivity index (χ0) is 24.9. The highest BCUT2D eigenvalue weighted by molar-refractivity contribution is 5.88. The standard InChI is InChI=1S/C15H15FN4.C12H17N3/c1-9-18-8-14(20(9)3)12-4-10-6-15(17-2)19-7-11(10)5-13(12)16;1-3-11-4-5-13-12(10-11)15-8-6-14(2)7-9-15/h4-8H,1-3H3,(H,17,19);3-5,10H,1,6-9H2,2H3. The molecule has 5 rings (SSSR count). The summed E-state index contributed by atoms with van der Waals surface area (Å²) in [7, 11) is 5.85. The normalized spacial score (nSPS) is 13.9. The highest BCUT2D eigenvalue weighted by atomic mass is 19.1. The summed E-state index contributed by atoms with van der Waals surface area (Å²) in [5.41, 5.74) is 2.46. The smallest absolute Gasteiger partial charge is 0.133 e. The van der Waals surface area contributed by atoms with Crippen molar-refractivity contribution in [1.29, 1.82) is 0 Å². The highest BCUT2D eigenvalue weighted by Gasteiger charge is 2.15. The van der Waals surface area contributed by atoms with Crippen LogP contribution in [0.1, 0.15) is 11.4 Å². The maximum absolute atomic E-state index is 14.3. The highest BCUT2D eigenvalue weighted by Crippen LogP contribution is 2.28. The van der Waals surface area contributed by atoms with E-state index in [4.69, 9.17) is 0 Å². The first-order valence-electron chi connectivity index (χ1n) is 11.7. The zero-order valence-corrected chi connectivity index (χ0v) is 20.8. The van der Waals surface area contributed by atoms with Gasteiger partial charge in [0.15, 0.2) is 0 Å². The molecule has 4 heterocycles. The van der Waals surface area contributed by atoms with Crippen LogP contribution >= 0.6 is 0 Å². The average Bonchev–Trinajstić information content (AvgIpc) is 3.22. The van der Waals surface area contributed by atoms with Crippen molar-refractivity contribution in [3.8, 4) is 11.3 Å². The quantitative estimate of drug-likeness (QED) is 0.467. The number of nitrogens with one attached hydrogen (secondary N) is 1. The second-order valence-corrected chi connectivity index (χ2v) is 8.69. The number of piperazine rings is 1. The second-order valence-electron chi connectivity index (χ2n) is 8.69. The van der Waals surface area contributed by atoms with Gasteiger partial charge in [0.05, 0.1) is 11.9 Å². The summed E-state index contributed by atoms with van der Waals surface area (Å²) in [5.74, 6) is 2.42. The molecule has 1 saturated heterocycles. The van der Waals surface area contributed by atoms with E-state index < -0.39 is 0 Å². The van der Waals surface area contributed by atoms with Crippen LogP contribution in [-0.4, -0.2) is 64.7 Å². The Morgan fingerprint density at radius 3 is 2.40 bits per heavy atom. The van der Waals surface area contributed by atoms with Gasteiger partial charge in [0, 0.05) is 63.6 Å².